The van der Waals surface area contributed by atoms with Crippen LogP contribution >= 0.6 is 11.6 Å². The Kier molecular flexibility index (Phi) is 5.31. The van der Waals surface area contributed by atoms with Crippen LogP contribution in [0.5, 0.6) is 0 Å². The van der Waals surface area contributed by atoms with Crippen molar-refractivity contribution in [2.75, 3.05) is 4.72 Å². The number of aromatic nitrogens is 2. The molecule has 3 aromatic rings. The van der Waals surface area contributed by atoms with Crippen molar-refractivity contribution in [3.05, 3.63) is 76.7 Å². The number of hydrogen-bond acceptors (Lipinski definition) is 6. The van der Waals surface area contributed by atoms with Gasteiger partial charge in [0.1, 0.15) is 0 Å². The number of hydrogen-bond donors (Lipinski definition) is 1. The Hall–Kier alpha value is -2.69. The highest BCUT2D eigenvalue weighted by atomic mass is 35.5. The first kappa shape index (κ1) is 19.1. The van der Waals surface area contributed by atoms with E-state index in [1.165, 1.54) is 67.0 Å². The summed E-state index contributed by atoms with van der Waals surface area (Å²) in [5.74, 6) is -0.190. The van der Waals surface area contributed by atoms with Crippen molar-refractivity contribution < 1.29 is 16.8 Å². The van der Waals surface area contributed by atoms with Gasteiger partial charge in [0.15, 0.2) is 0 Å². The van der Waals surface area contributed by atoms with Gasteiger partial charge in [0, 0.05) is 16.7 Å². The van der Waals surface area contributed by atoms with E-state index < -0.39 is 20.0 Å². The van der Waals surface area contributed by atoms with Crippen LogP contribution in [-0.4, -0.2) is 26.8 Å². The summed E-state index contributed by atoms with van der Waals surface area (Å²) in [6.45, 7) is 0. The van der Waals surface area contributed by atoms with Crippen LogP contribution in [-0.2, 0) is 20.0 Å². The second kappa shape index (κ2) is 7.51. The van der Waals surface area contributed by atoms with E-state index in [4.69, 9.17) is 11.6 Å². The number of sulfonamides is 2. The number of nitrogens with one attached hydrogen (secondary N) is 1. The highest BCUT2D eigenvalue weighted by Crippen LogP contribution is 2.25. The lowest BCUT2D eigenvalue weighted by Crippen LogP contribution is -2.12. The number of benzene rings is 2. The molecule has 2 aromatic carbocycles. The lowest BCUT2D eigenvalue weighted by Gasteiger charge is -2.13. The molecule has 0 atom stereocenters. The molecule has 3 rings (SSSR count). The van der Waals surface area contributed by atoms with Gasteiger partial charge in [0.25, 0.3) is 10.0 Å². The molecule has 0 aliphatic rings. The first-order valence-electron chi connectivity index (χ1n) is 7.40. The van der Waals surface area contributed by atoms with E-state index in [-0.39, 0.29) is 21.4 Å². The van der Waals surface area contributed by atoms with Crippen molar-refractivity contribution in [2.24, 2.45) is 0 Å². The molecule has 0 spiro atoms. The second-order valence-electron chi connectivity index (χ2n) is 5.20. The molecular formula is C16H12ClN4O4S2-. The molecule has 8 nitrogen and oxygen atoms in total. The molecule has 0 radical (unpaired) electrons. The highest BCUT2D eigenvalue weighted by Gasteiger charge is 2.16. The minimum Gasteiger partial charge on any atom is -0.366 e. The fourth-order valence-electron chi connectivity index (χ4n) is 2.02. The van der Waals surface area contributed by atoms with Crippen molar-refractivity contribution in [3.63, 3.8) is 0 Å². The van der Waals surface area contributed by atoms with Gasteiger partial charge in [-0.2, -0.15) is 0 Å². The molecular weight excluding hydrogens is 412 g/mol. The maximum atomic E-state index is 12.3. The van der Waals surface area contributed by atoms with Crippen LogP contribution in [0, 0.1) is 0 Å². The van der Waals surface area contributed by atoms with Crippen molar-refractivity contribution in [1.29, 1.82) is 0 Å². The molecule has 0 saturated heterocycles. The zero-order valence-electron chi connectivity index (χ0n) is 13.5. The second-order valence-corrected chi connectivity index (χ2v) is 8.92. The minimum atomic E-state index is -4.02. The smallest absolute Gasteiger partial charge is 0.261 e. The Balaban J connectivity index is 1.78. The van der Waals surface area contributed by atoms with Gasteiger partial charge in [-0.05, 0) is 60.9 Å². The number of halogens is 1. The monoisotopic (exact) mass is 423 g/mol. The summed E-state index contributed by atoms with van der Waals surface area (Å²) in [5.41, 5.74) is 0.194. The van der Waals surface area contributed by atoms with Gasteiger partial charge in [0.05, 0.1) is 9.79 Å². The van der Waals surface area contributed by atoms with Crippen LogP contribution in [0.2, 0.25) is 5.02 Å². The van der Waals surface area contributed by atoms with Crippen LogP contribution in [0.3, 0.4) is 0 Å². The third-order valence-corrected chi connectivity index (χ3v) is 6.20. The quantitative estimate of drug-likeness (QED) is 0.649. The summed E-state index contributed by atoms with van der Waals surface area (Å²) in [6, 6.07) is 12.3. The Morgan fingerprint density at radius 3 is 1.96 bits per heavy atom. The summed E-state index contributed by atoms with van der Waals surface area (Å²) in [5, 5.41) is 0.412. The zero-order valence-corrected chi connectivity index (χ0v) is 15.9. The highest BCUT2D eigenvalue weighted by molar-refractivity contribution is 7.94. The number of anilines is 1. The summed E-state index contributed by atoms with van der Waals surface area (Å²) < 4.78 is 55.0. The van der Waals surface area contributed by atoms with E-state index in [0.29, 0.717) is 5.02 Å². The molecule has 140 valence electrons. The van der Waals surface area contributed by atoms with Crippen LogP contribution in [0.15, 0.2) is 76.8 Å². The largest absolute Gasteiger partial charge is 0.366 e. The van der Waals surface area contributed by atoms with Gasteiger partial charge in [-0.3, -0.25) is 9.44 Å². The first-order valence-corrected chi connectivity index (χ1v) is 10.7. The fourth-order valence-corrected chi connectivity index (χ4v) is 4.10. The molecule has 11 heteroatoms. The van der Waals surface area contributed by atoms with Crippen LogP contribution in [0.1, 0.15) is 0 Å². The normalized spacial score (nSPS) is 11.7. The third kappa shape index (κ3) is 4.73. The maximum Gasteiger partial charge on any atom is 0.261 e. The van der Waals surface area contributed by atoms with Crippen LogP contribution < -0.4 is 4.72 Å². The Labute approximate surface area is 161 Å². The fraction of sp³-hybridized carbons (Fsp3) is 0. The zero-order chi connectivity index (χ0) is 19.5. The summed E-state index contributed by atoms with van der Waals surface area (Å²) in [7, 11) is -7.85. The van der Waals surface area contributed by atoms with Crippen molar-refractivity contribution >= 4 is 43.3 Å². The van der Waals surface area contributed by atoms with Gasteiger partial charge >= 0.3 is 0 Å². The molecule has 0 aliphatic carbocycles. The van der Waals surface area contributed by atoms with Gasteiger partial charge < -0.3 is 9.97 Å². The van der Waals surface area contributed by atoms with Crippen LogP contribution in [0.4, 0.5) is 11.6 Å². The average Bonchev–Trinajstić information content (AvgIpc) is 2.63. The molecule has 0 unspecified atom stereocenters. The van der Waals surface area contributed by atoms with Gasteiger partial charge in [-0.15, -0.1) is 0 Å². The molecule has 1 heterocycles. The van der Waals surface area contributed by atoms with Crippen molar-refractivity contribution in [3.8, 4) is 0 Å². The average molecular weight is 424 g/mol. The number of rotatable bonds is 6. The molecule has 1 N–H and O–H groups in total. The Morgan fingerprint density at radius 1 is 0.815 bits per heavy atom. The van der Waals surface area contributed by atoms with Gasteiger partial charge in [-0.1, -0.05) is 17.7 Å². The van der Waals surface area contributed by atoms with Gasteiger partial charge in [0.2, 0.25) is 10.0 Å². The molecule has 0 fully saturated rings. The van der Waals surface area contributed by atoms with E-state index in [2.05, 4.69) is 19.4 Å². The first-order chi connectivity index (χ1) is 12.8. The van der Waals surface area contributed by atoms with E-state index in [9.17, 15) is 16.8 Å². The van der Waals surface area contributed by atoms with Gasteiger partial charge in [-0.25, -0.2) is 16.8 Å². The molecule has 27 heavy (non-hydrogen) atoms. The van der Waals surface area contributed by atoms with E-state index >= 15 is 0 Å². The summed E-state index contributed by atoms with van der Waals surface area (Å²) in [4.78, 5) is 7.38. The maximum absolute atomic E-state index is 12.3. The minimum absolute atomic E-state index is 0.0276. The lowest BCUT2D eigenvalue weighted by molar-refractivity contribution is 0.600. The third-order valence-electron chi connectivity index (χ3n) is 3.28. The summed E-state index contributed by atoms with van der Waals surface area (Å²) in [6.07, 6.45) is 2.74. The predicted molar refractivity (Wildman–Crippen MR) is 101 cm³/mol. The summed E-state index contributed by atoms with van der Waals surface area (Å²) >= 11 is 5.75. The molecule has 1 aromatic heterocycles. The molecule has 0 bridgehead atoms. The van der Waals surface area contributed by atoms with Crippen LogP contribution in [0.25, 0.3) is 4.72 Å². The lowest BCUT2D eigenvalue weighted by atomic mass is 10.3. The number of nitrogens with zero attached hydrogens (tertiary/aromatic N) is 3. The van der Waals surface area contributed by atoms with Crippen molar-refractivity contribution in [1.82, 2.24) is 9.97 Å². The van der Waals surface area contributed by atoms with E-state index in [1.807, 2.05) is 0 Å². The standard InChI is InChI=1S/C16H12ClN4O4S2/c17-12-2-6-14(7-3-12)26(22,23)20-13-4-8-15(9-5-13)27(24,25)21-16-18-10-1-11-19-16/h1-11,20H/q-1. The Morgan fingerprint density at radius 2 is 1.37 bits per heavy atom. The topological polar surface area (TPSA) is 120 Å². The SMILES string of the molecule is O=S(=O)([N-]c1ncccn1)c1ccc(NS(=O)(=O)c2ccc(Cl)cc2)cc1. The predicted octanol–water partition coefficient (Wildman–Crippen LogP) is 3.32. The van der Waals surface area contributed by atoms with E-state index in [0.717, 1.165) is 0 Å². The molecule has 0 saturated carbocycles. The molecule has 0 aliphatic heterocycles. The van der Waals surface area contributed by atoms with Crippen molar-refractivity contribution in [2.45, 2.75) is 9.79 Å². The Bertz CT molecular complexity index is 1140. The van der Waals surface area contributed by atoms with E-state index in [1.54, 1.807) is 0 Å². The molecule has 0 amide bonds.